The number of nitrogens with one attached hydrogen (secondary N) is 1. The summed E-state index contributed by atoms with van der Waals surface area (Å²) in [4.78, 5) is 23.2. The van der Waals surface area contributed by atoms with Crippen molar-refractivity contribution in [2.45, 2.75) is 26.3 Å². The van der Waals surface area contributed by atoms with E-state index in [2.05, 4.69) is 5.32 Å². The number of nitro groups is 1. The molecule has 0 saturated heterocycles. The maximum atomic E-state index is 12.7. The zero-order valence-electron chi connectivity index (χ0n) is 13.9. The molecule has 0 spiro atoms. The number of benzene rings is 2. The van der Waals surface area contributed by atoms with Gasteiger partial charge < -0.3 is 5.32 Å². The van der Waals surface area contributed by atoms with Gasteiger partial charge in [-0.15, -0.1) is 0 Å². The molecule has 24 heavy (non-hydrogen) atoms. The van der Waals surface area contributed by atoms with Gasteiger partial charge in [-0.2, -0.15) is 0 Å². The Labute approximate surface area is 141 Å². The molecule has 0 saturated carbocycles. The van der Waals surface area contributed by atoms with Gasteiger partial charge in [-0.3, -0.25) is 14.9 Å². The Morgan fingerprint density at radius 3 is 2.33 bits per heavy atom. The first-order chi connectivity index (χ1) is 11.3. The lowest BCUT2D eigenvalue weighted by Crippen LogP contribution is -2.40. The maximum Gasteiger partial charge on any atom is 0.270 e. The molecule has 1 N–H and O–H groups in total. The first-order valence-corrected chi connectivity index (χ1v) is 7.60. The van der Waals surface area contributed by atoms with Crippen LogP contribution < -0.4 is 5.32 Å². The normalized spacial score (nSPS) is 11.9. The fourth-order valence-electron chi connectivity index (χ4n) is 2.20. The number of amides is 1. The molecule has 5 nitrogen and oxygen atoms in total. The van der Waals surface area contributed by atoms with Crippen LogP contribution in [0.3, 0.4) is 0 Å². The highest BCUT2D eigenvalue weighted by molar-refractivity contribution is 6.24. The summed E-state index contributed by atoms with van der Waals surface area (Å²) in [7, 11) is 0. The number of carbonyl (C=O) groups is 1. The first kappa shape index (κ1) is 17.4. The standard InChI is InChI=1S/C19H20N2O3/c1-19(2,3)20-18(22)17(15-9-5-4-6-10-15)13-14-8-7-11-16(12-14)21(23)24/h4-13H,1-3H3,(H,20,22)/b17-13+. The van der Waals surface area contributed by atoms with Gasteiger partial charge in [0.25, 0.3) is 11.6 Å². The minimum Gasteiger partial charge on any atom is -0.347 e. The number of non-ortho nitro benzene ring substituents is 1. The van der Waals surface area contributed by atoms with Crippen LogP contribution in [0.15, 0.2) is 54.6 Å². The van der Waals surface area contributed by atoms with Gasteiger partial charge >= 0.3 is 0 Å². The van der Waals surface area contributed by atoms with Crippen LogP contribution in [0.2, 0.25) is 0 Å². The van der Waals surface area contributed by atoms with Crippen molar-refractivity contribution in [3.8, 4) is 0 Å². The van der Waals surface area contributed by atoms with E-state index in [-0.39, 0.29) is 17.1 Å². The Bertz CT molecular complexity index is 775. The Hall–Kier alpha value is -2.95. The predicted octanol–water partition coefficient (Wildman–Crippen LogP) is 4.05. The average Bonchev–Trinajstić information content (AvgIpc) is 2.52. The second kappa shape index (κ2) is 7.08. The minimum atomic E-state index is -0.450. The van der Waals surface area contributed by atoms with E-state index in [1.165, 1.54) is 12.1 Å². The average molecular weight is 324 g/mol. The third-order valence-corrected chi connectivity index (χ3v) is 3.21. The van der Waals surface area contributed by atoms with Crippen LogP contribution in [0.5, 0.6) is 0 Å². The van der Waals surface area contributed by atoms with Gasteiger partial charge in [0.05, 0.1) is 4.92 Å². The van der Waals surface area contributed by atoms with Crippen LogP contribution in [0.1, 0.15) is 31.9 Å². The highest BCUT2D eigenvalue weighted by atomic mass is 16.6. The van der Waals surface area contributed by atoms with Crippen molar-refractivity contribution in [1.82, 2.24) is 5.32 Å². The van der Waals surface area contributed by atoms with Crippen LogP contribution >= 0.6 is 0 Å². The van der Waals surface area contributed by atoms with Gasteiger partial charge in [0.2, 0.25) is 0 Å². The summed E-state index contributed by atoms with van der Waals surface area (Å²) in [6, 6.07) is 15.5. The van der Waals surface area contributed by atoms with Gasteiger partial charge in [0.1, 0.15) is 0 Å². The maximum absolute atomic E-state index is 12.7. The van der Waals surface area contributed by atoms with Crippen molar-refractivity contribution in [2.24, 2.45) is 0 Å². The zero-order chi connectivity index (χ0) is 17.7. The lowest BCUT2D eigenvalue weighted by molar-refractivity contribution is -0.384. The molecule has 0 radical (unpaired) electrons. The molecule has 2 rings (SSSR count). The lowest BCUT2D eigenvalue weighted by atomic mass is 10.00. The molecule has 0 fully saturated rings. The van der Waals surface area contributed by atoms with Crippen molar-refractivity contribution in [1.29, 1.82) is 0 Å². The number of carbonyl (C=O) groups excluding carboxylic acids is 1. The molecule has 0 heterocycles. The number of nitro benzene ring substituents is 1. The van der Waals surface area contributed by atoms with E-state index in [0.29, 0.717) is 11.1 Å². The molecule has 5 heteroatoms. The van der Waals surface area contributed by atoms with Crippen LogP contribution in [0, 0.1) is 10.1 Å². The Kier molecular flexibility index (Phi) is 5.14. The van der Waals surface area contributed by atoms with E-state index in [1.54, 1.807) is 18.2 Å². The fourth-order valence-corrected chi connectivity index (χ4v) is 2.20. The topological polar surface area (TPSA) is 72.2 Å². The first-order valence-electron chi connectivity index (χ1n) is 7.60. The molecule has 2 aromatic rings. The van der Waals surface area contributed by atoms with E-state index in [1.807, 2.05) is 51.1 Å². The van der Waals surface area contributed by atoms with E-state index in [0.717, 1.165) is 5.56 Å². The number of nitrogens with zero attached hydrogens (tertiary/aromatic N) is 1. The van der Waals surface area contributed by atoms with Crippen molar-refractivity contribution in [3.05, 3.63) is 75.8 Å². The third-order valence-electron chi connectivity index (χ3n) is 3.21. The quantitative estimate of drug-likeness (QED) is 0.399. The second-order valence-corrected chi connectivity index (χ2v) is 6.48. The SMILES string of the molecule is CC(C)(C)NC(=O)/C(=C/c1cccc([N+](=O)[O-])c1)c1ccccc1. The zero-order valence-corrected chi connectivity index (χ0v) is 13.9. The van der Waals surface area contributed by atoms with Crippen LogP contribution in [-0.2, 0) is 4.79 Å². The summed E-state index contributed by atoms with van der Waals surface area (Å²) >= 11 is 0. The number of hydrogen-bond donors (Lipinski definition) is 1. The molecular weight excluding hydrogens is 304 g/mol. The predicted molar refractivity (Wildman–Crippen MR) is 95.3 cm³/mol. The molecule has 1 amide bonds. The highest BCUT2D eigenvalue weighted by Crippen LogP contribution is 2.22. The second-order valence-electron chi connectivity index (χ2n) is 6.48. The van der Waals surface area contributed by atoms with Crippen LogP contribution in [0.25, 0.3) is 11.6 Å². The van der Waals surface area contributed by atoms with Crippen molar-refractivity contribution in [3.63, 3.8) is 0 Å². The van der Waals surface area contributed by atoms with Crippen LogP contribution in [-0.4, -0.2) is 16.4 Å². The van der Waals surface area contributed by atoms with Gasteiger partial charge in [-0.05, 0) is 38.0 Å². The van der Waals surface area contributed by atoms with E-state index in [9.17, 15) is 14.9 Å². The molecule has 124 valence electrons. The Balaban J connectivity index is 2.48. The Morgan fingerprint density at radius 2 is 1.75 bits per heavy atom. The highest BCUT2D eigenvalue weighted by Gasteiger charge is 2.19. The molecule has 0 aromatic heterocycles. The Morgan fingerprint density at radius 1 is 1.08 bits per heavy atom. The van der Waals surface area contributed by atoms with E-state index in [4.69, 9.17) is 0 Å². The minimum absolute atomic E-state index is 0.00705. The number of rotatable bonds is 4. The van der Waals surface area contributed by atoms with Crippen molar-refractivity contribution >= 4 is 23.2 Å². The smallest absolute Gasteiger partial charge is 0.270 e. The lowest BCUT2D eigenvalue weighted by Gasteiger charge is -2.21. The molecule has 0 atom stereocenters. The van der Waals surface area contributed by atoms with Crippen molar-refractivity contribution < 1.29 is 9.72 Å². The molecule has 0 aliphatic carbocycles. The van der Waals surface area contributed by atoms with Gasteiger partial charge in [0, 0.05) is 23.2 Å². The molecule has 0 aliphatic rings. The summed E-state index contributed by atoms with van der Waals surface area (Å²) in [5.74, 6) is -0.222. The van der Waals surface area contributed by atoms with Crippen molar-refractivity contribution in [2.75, 3.05) is 0 Å². The van der Waals surface area contributed by atoms with E-state index >= 15 is 0 Å². The summed E-state index contributed by atoms with van der Waals surface area (Å²) < 4.78 is 0. The summed E-state index contributed by atoms with van der Waals surface area (Å²) in [5.41, 5.74) is 1.43. The molecule has 0 bridgehead atoms. The molecule has 0 unspecified atom stereocenters. The summed E-state index contributed by atoms with van der Waals surface area (Å²) in [6.07, 6.45) is 1.67. The third kappa shape index (κ3) is 4.78. The summed E-state index contributed by atoms with van der Waals surface area (Å²) in [6.45, 7) is 5.71. The van der Waals surface area contributed by atoms with Crippen LogP contribution in [0.4, 0.5) is 5.69 Å². The largest absolute Gasteiger partial charge is 0.347 e. The summed E-state index contributed by atoms with van der Waals surface area (Å²) in [5, 5.41) is 13.9. The monoisotopic (exact) mass is 324 g/mol. The molecule has 0 aliphatic heterocycles. The van der Waals surface area contributed by atoms with E-state index < -0.39 is 4.92 Å². The van der Waals surface area contributed by atoms with Gasteiger partial charge in [-0.1, -0.05) is 42.5 Å². The van der Waals surface area contributed by atoms with Gasteiger partial charge in [0.15, 0.2) is 0 Å². The molecule has 2 aromatic carbocycles. The fraction of sp³-hybridized carbons (Fsp3) is 0.211. The van der Waals surface area contributed by atoms with Gasteiger partial charge in [-0.25, -0.2) is 0 Å². The molecular formula is C19H20N2O3. The number of hydrogen-bond acceptors (Lipinski definition) is 3.